The summed E-state index contributed by atoms with van der Waals surface area (Å²) >= 11 is 1.48. The second-order valence-corrected chi connectivity index (χ2v) is 11.4. The Morgan fingerprint density at radius 2 is 1.97 bits per heavy atom. The van der Waals surface area contributed by atoms with Gasteiger partial charge in [-0.05, 0) is 49.9 Å². The summed E-state index contributed by atoms with van der Waals surface area (Å²) in [6.07, 6.45) is 1.02. The van der Waals surface area contributed by atoms with Gasteiger partial charge in [-0.15, -0.1) is 18.3 Å². The maximum atomic E-state index is 13.7. The number of nitrogens with one attached hydrogen (secondary N) is 3. The zero-order valence-electron chi connectivity index (χ0n) is 21.2. The van der Waals surface area contributed by atoms with Crippen LogP contribution in [0, 0.1) is 0 Å². The molecule has 4 rings (SSSR count). The monoisotopic (exact) mass is 522 g/mol. The lowest BCUT2D eigenvalue weighted by Gasteiger charge is -2.33. The molecule has 2 aromatic rings. The molecule has 3 atom stereocenters. The summed E-state index contributed by atoms with van der Waals surface area (Å²) in [5.41, 5.74) is 3.25. The third kappa shape index (κ3) is 5.83. The lowest BCUT2D eigenvalue weighted by molar-refractivity contribution is -0.147. The van der Waals surface area contributed by atoms with Crippen molar-refractivity contribution < 1.29 is 19.5 Å². The predicted octanol–water partition coefficient (Wildman–Crippen LogP) is 2.34. The fourth-order valence-corrected chi connectivity index (χ4v) is 6.08. The van der Waals surface area contributed by atoms with E-state index in [-0.39, 0.29) is 30.7 Å². The Balaban J connectivity index is 1.59. The molecule has 37 heavy (non-hydrogen) atoms. The van der Waals surface area contributed by atoms with Gasteiger partial charge in [0.2, 0.25) is 5.91 Å². The highest BCUT2D eigenvalue weighted by Crippen LogP contribution is 2.40. The zero-order chi connectivity index (χ0) is 26.6. The van der Waals surface area contributed by atoms with E-state index in [1.807, 2.05) is 56.3 Å². The number of thioether (sulfide) groups is 1. The average molecular weight is 523 g/mol. The maximum absolute atomic E-state index is 13.7. The van der Waals surface area contributed by atoms with Crippen molar-refractivity contribution >= 4 is 35.2 Å². The number of hydrogen-bond donors (Lipinski definition) is 4. The first-order valence-corrected chi connectivity index (χ1v) is 13.4. The molecule has 8 nitrogen and oxygen atoms in total. The van der Waals surface area contributed by atoms with Crippen LogP contribution in [0.5, 0.6) is 0 Å². The molecule has 196 valence electrons. The average Bonchev–Trinajstić information content (AvgIpc) is 3.50. The normalized spacial score (nSPS) is 19.3. The number of aliphatic hydroxyl groups excluding tert-OH is 1. The first-order chi connectivity index (χ1) is 17.7. The van der Waals surface area contributed by atoms with Gasteiger partial charge in [-0.1, -0.05) is 42.5 Å². The van der Waals surface area contributed by atoms with Crippen LogP contribution in [0.1, 0.15) is 35.3 Å². The van der Waals surface area contributed by atoms with E-state index in [0.29, 0.717) is 5.56 Å². The summed E-state index contributed by atoms with van der Waals surface area (Å²) in [5, 5.41) is 20.3. The summed E-state index contributed by atoms with van der Waals surface area (Å²) in [6, 6.07) is 13.3. The fraction of sp³-hybridized carbons (Fsp3) is 0.393. The summed E-state index contributed by atoms with van der Waals surface area (Å²) in [5.74, 6) is -0.965. The van der Waals surface area contributed by atoms with Crippen molar-refractivity contribution in [2.45, 2.75) is 49.6 Å². The van der Waals surface area contributed by atoms with Crippen LogP contribution in [0.3, 0.4) is 0 Å². The van der Waals surface area contributed by atoms with E-state index < -0.39 is 28.8 Å². The number of aliphatic hydroxyl groups is 1. The Morgan fingerprint density at radius 1 is 1.22 bits per heavy atom. The molecule has 3 amide bonds. The number of benzene rings is 2. The molecule has 0 aromatic heterocycles. The number of carbonyl (C=O) groups excluding carboxylic acids is 3. The molecule has 0 aliphatic carbocycles. The van der Waals surface area contributed by atoms with Gasteiger partial charge in [-0.25, -0.2) is 0 Å². The molecule has 0 spiro atoms. The van der Waals surface area contributed by atoms with Crippen LogP contribution in [-0.4, -0.2) is 69.6 Å². The highest BCUT2D eigenvalue weighted by molar-refractivity contribution is 8.00. The number of nitrogens with zero attached hydrogens (tertiary/aromatic N) is 1. The van der Waals surface area contributed by atoms with Gasteiger partial charge in [0.25, 0.3) is 11.8 Å². The van der Waals surface area contributed by atoms with E-state index in [1.165, 1.54) is 16.7 Å². The molecule has 0 saturated carbocycles. The molecule has 4 N–H and O–H groups in total. The van der Waals surface area contributed by atoms with Gasteiger partial charge in [-0.2, -0.15) is 0 Å². The molecule has 2 aromatic carbocycles. The van der Waals surface area contributed by atoms with Crippen LogP contribution >= 0.6 is 11.8 Å². The van der Waals surface area contributed by atoms with E-state index in [1.54, 1.807) is 12.1 Å². The molecule has 2 aliphatic heterocycles. The van der Waals surface area contributed by atoms with Crippen LogP contribution < -0.4 is 16.0 Å². The highest BCUT2D eigenvalue weighted by atomic mass is 32.2. The third-order valence-electron chi connectivity index (χ3n) is 6.86. The van der Waals surface area contributed by atoms with Crippen molar-refractivity contribution in [3.63, 3.8) is 0 Å². The molecule has 3 unspecified atom stereocenters. The largest absolute Gasteiger partial charge is 0.384 e. The quantitative estimate of drug-likeness (QED) is 0.377. The second kappa shape index (κ2) is 11.4. The van der Waals surface area contributed by atoms with Crippen LogP contribution in [0.15, 0.2) is 61.2 Å². The summed E-state index contributed by atoms with van der Waals surface area (Å²) in [4.78, 5) is 41.4. The third-order valence-corrected chi connectivity index (χ3v) is 8.23. The van der Waals surface area contributed by atoms with E-state index in [9.17, 15) is 19.5 Å². The summed E-state index contributed by atoms with van der Waals surface area (Å²) in [7, 11) is 0. The number of fused-ring (bicyclic) bond motifs is 1. The van der Waals surface area contributed by atoms with Crippen molar-refractivity contribution in [1.82, 2.24) is 15.5 Å². The Bertz CT molecular complexity index is 1170. The zero-order valence-corrected chi connectivity index (χ0v) is 22.0. The minimum atomic E-state index is -1.54. The first-order valence-electron chi connectivity index (χ1n) is 12.4. The van der Waals surface area contributed by atoms with E-state index in [2.05, 4.69) is 22.5 Å². The molecule has 0 radical (unpaired) electrons. The first kappa shape index (κ1) is 26.8. The van der Waals surface area contributed by atoms with Crippen molar-refractivity contribution in [3.8, 4) is 0 Å². The van der Waals surface area contributed by atoms with Gasteiger partial charge in [0, 0.05) is 29.1 Å². The summed E-state index contributed by atoms with van der Waals surface area (Å²) in [6.45, 7) is 8.48. The van der Waals surface area contributed by atoms with E-state index in [0.717, 1.165) is 29.8 Å². The number of rotatable bonds is 9. The molecule has 2 aliphatic rings. The second-order valence-electron chi connectivity index (χ2n) is 9.84. The minimum absolute atomic E-state index is 0.254. The van der Waals surface area contributed by atoms with Gasteiger partial charge >= 0.3 is 0 Å². The van der Waals surface area contributed by atoms with Crippen LogP contribution in [0.25, 0.3) is 0 Å². The standard InChI is InChI=1S/C28H34N4O4S/c1-4-14-30-26(35)24-28(2,3)37-17-32(24)27(36)23(33)22(16-18-9-6-5-7-10-18)31-25(34)20-11-8-12-21-19(20)13-15-29-21/h4-12,22-24,29,33H,1,13-17H2,2-3H3,(H,30,35)(H,31,34). The van der Waals surface area contributed by atoms with Crippen molar-refractivity contribution in [1.29, 1.82) is 0 Å². The van der Waals surface area contributed by atoms with Crippen molar-refractivity contribution in [3.05, 3.63) is 77.9 Å². The van der Waals surface area contributed by atoms with Gasteiger partial charge in [0.05, 0.1) is 11.9 Å². The van der Waals surface area contributed by atoms with Gasteiger partial charge in [-0.3, -0.25) is 14.4 Å². The lowest BCUT2D eigenvalue weighted by Crippen LogP contribution is -2.58. The molecule has 9 heteroatoms. The van der Waals surface area contributed by atoms with E-state index >= 15 is 0 Å². The topological polar surface area (TPSA) is 111 Å². The van der Waals surface area contributed by atoms with E-state index in [4.69, 9.17) is 0 Å². The maximum Gasteiger partial charge on any atom is 0.254 e. The van der Waals surface area contributed by atoms with Crippen LogP contribution in [0.4, 0.5) is 5.69 Å². The molecular weight excluding hydrogens is 488 g/mol. The van der Waals surface area contributed by atoms with Crippen LogP contribution in [-0.2, 0) is 22.4 Å². The Kier molecular flexibility index (Phi) is 8.24. The van der Waals surface area contributed by atoms with Gasteiger partial charge in [0.1, 0.15) is 6.04 Å². The van der Waals surface area contributed by atoms with Crippen LogP contribution in [0.2, 0.25) is 0 Å². The molecular formula is C28H34N4O4S. The number of hydrogen-bond acceptors (Lipinski definition) is 6. The fourth-order valence-electron chi connectivity index (χ4n) is 4.94. The molecule has 2 heterocycles. The van der Waals surface area contributed by atoms with Gasteiger partial charge < -0.3 is 26.0 Å². The smallest absolute Gasteiger partial charge is 0.254 e. The minimum Gasteiger partial charge on any atom is -0.384 e. The Labute approximate surface area is 221 Å². The molecule has 1 fully saturated rings. The van der Waals surface area contributed by atoms with Crippen molar-refractivity contribution in [2.75, 3.05) is 24.3 Å². The highest BCUT2D eigenvalue weighted by Gasteiger charge is 2.49. The molecule has 1 saturated heterocycles. The Morgan fingerprint density at radius 3 is 2.70 bits per heavy atom. The lowest BCUT2D eigenvalue weighted by atomic mass is 9.96. The Hall–Kier alpha value is -3.30. The SMILES string of the molecule is C=CCNC(=O)C1N(C(=O)C(O)C(Cc2ccccc2)NC(=O)c2cccc3c2CCN3)CSC1(C)C. The number of amides is 3. The molecule has 0 bridgehead atoms. The predicted molar refractivity (Wildman–Crippen MR) is 146 cm³/mol. The van der Waals surface area contributed by atoms with Crippen molar-refractivity contribution in [2.24, 2.45) is 0 Å². The van der Waals surface area contributed by atoms with Gasteiger partial charge in [0.15, 0.2) is 6.10 Å². The number of anilines is 1. The summed E-state index contributed by atoms with van der Waals surface area (Å²) < 4.78 is -0.545. The number of carbonyl (C=O) groups is 3.